The number of hydrogen-bond donors (Lipinski definition) is 1. The number of methoxy groups -OCH3 is 1. The van der Waals surface area contributed by atoms with Gasteiger partial charge < -0.3 is 15.2 Å². The maximum atomic E-state index is 13.5. The van der Waals surface area contributed by atoms with Crippen LogP contribution < -0.4 is 5.73 Å². The van der Waals surface area contributed by atoms with Crippen LogP contribution in [0.5, 0.6) is 0 Å². The molecule has 0 saturated carbocycles. The first-order valence-corrected chi connectivity index (χ1v) is 8.37. The van der Waals surface area contributed by atoms with E-state index < -0.39 is 17.8 Å². The van der Waals surface area contributed by atoms with Crippen LogP contribution in [0.3, 0.4) is 0 Å². The molecule has 3 rings (SSSR count). The highest BCUT2D eigenvalue weighted by molar-refractivity contribution is 6.39. The van der Waals surface area contributed by atoms with Crippen LogP contribution in [0.1, 0.15) is 16.7 Å². The van der Waals surface area contributed by atoms with Gasteiger partial charge in [0.2, 0.25) is 0 Å². The molecule has 1 aliphatic heterocycles. The summed E-state index contributed by atoms with van der Waals surface area (Å²) in [5.41, 5.74) is 10.0. The second kappa shape index (κ2) is 7.30. The molecule has 7 heteroatoms. The Kier molecular flexibility index (Phi) is 5.29. The highest BCUT2D eigenvalue weighted by atomic mass is 35.5. The van der Waals surface area contributed by atoms with E-state index in [4.69, 9.17) is 33.7 Å². The van der Waals surface area contributed by atoms with Gasteiger partial charge in [0.05, 0.1) is 30.4 Å². The number of carbonyl (C=O) groups excluding carboxylic acids is 1. The van der Waals surface area contributed by atoms with E-state index in [1.165, 1.54) is 19.2 Å². The first-order valence-electron chi connectivity index (χ1n) is 7.62. The van der Waals surface area contributed by atoms with Gasteiger partial charge in [0.25, 0.3) is 0 Å². The summed E-state index contributed by atoms with van der Waals surface area (Å²) in [5, 5.41) is 0.469. The zero-order chi connectivity index (χ0) is 18.1. The lowest BCUT2D eigenvalue weighted by atomic mass is 9.91. The number of benzene rings is 2. The highest BCUT2D eigenvalue weighted by Gasteiger charge is 2.25. The van der Waals surface area contributed by atoms with Crippen molar-refractivity contribution >= 4 is 29.2 Å². The number of esters is 1. The van der Waals surface area contributed by atoms with Crippen molar-refractivity contribution in [2.45, 2.75) is 25.7 Å². The Morgan fingerprint density at radius 2 is 1.92 bits per heavy atom. The first kappa shape index (κ1) is 18.1. The summed E-state index contributed by atoms with van der Waals surface area (Å²) >= 11 is 12.4. The van der Waals surface area contributed by atoms with Gasteiger partial charge in [-0.3, -0.25) is 4.79 Å². The lowest BCUT2D eigenvalue weighted by molar-refractivity contribution is -0.142. The predicted octanol–water partition coefficient (Wildman–Crippen LogP) is 3.87. The van der Waals surface area contributed by atoms with E-state index >= 15 is 0 Å². The molecular weight excluding hydrogens is 368 g/mol. The highest BCUT2D eigenvalue weighted by Crippen LogP contribution is 2.41. The Morgan fingerprint density at radius 3 is 2.56 bits per heavy atom. The van der Waals surface area contributed by atoms with Crippen molar-refractivity contribution < 1.29 is 18.7 Å². The number of fused-ring (bicyclic) bond motifs is 1. The number of ether oxygens (including phenoxy) is 2. The molecule has 0 aliphatic carbocycles. The van der Waals surface area contributed by atoms with Crippen molar-refractivity contribution in [1.29, 1.82) is 0 Å². The molecule has 1 heterocycles. The SMILES string of the molecule is COC(=O)[C@@H](N)Cc1ccc(-c2c(Cl)cc(F)cc2Cl)c2c1COC2. The van der Waals surface area contributed by atoms with Crippen molar-refractivity contribution in [2.75, 3.05) is 7.11 Å². The first-order chi connectivity index (χ1) is 11.9. The lowest BCUT2D eigenvalue weighted by Gasteiger charge is -2.16. The van der Waals surface area contributed by atoms with Gasteiger partial charge in [-0.15, -0.1) is 0 Å². The maximum Gasteiger partial charge on any atom is 0.322 e. The van der Waals surface area contributed by atoms with Crippen molar-refractivity contribution in [3.8, 4) is 11.1 Å². The topological polar surface area (TPSA) is 61.5 Å². The lowest BCUT2D eigenvalue weighted by Crippen LogP contribution is -2.34. The molecule has 132 valence electrons. The minimum Gasteiger partial charge on any atom is -0.468 e. The third-order valence-electron chi connectivity index (χ3n) is 4.24. The van der Waals surface area contributed by atoms with E-state index in [1.54, 1.807) is 0 Å². The van der Waals surface area contributed by atoms with Crippen LogP contribution in [0.2, 0.25) is 10.0 Å². The van der Waals surface area contributed by atoms with E-state index in [0.29, 0.717) is 25.2 Å². The summed E-state index contributed by atoms with van der Waals surface area (Å²) in [6, 6.07) is 5.41. The summed E-state index contributed by atoms with van der Waals surface area (Å²) in [7, 11) is 1.30. The van der Waals surface area contributed by atoms with Crippen molar-refractivity contribution in [1.82, 2.24) is 0 Å². The van der Waals surface area contributed by atoms with Crippen LogP contribution in [-0.4, -0.2) is 19.1 Å². The summed E-state index contributed by atoms with van der Waals surface area (Å²) in [4.78, 5) is 11.6. The van der Waals surface area contributed by atoms with Gasteiger partial charge in [-0.05, 0) is 40.8 Å². The molecule has 1 atom stereocenters. The van der Waals surface area contributed by atoms with Gasteiger partial charge in [-0.2, -0.15) is 0 Å². The summed E-state index contributed by atoms with van der Waals surface area (Å²) in [6.07, 6.45) is 0.337. The molecule has 0 radical (unpaired) electrons. The fraction of sp³-hybridized carbons (Fsp3) is 0.278. The molecule has 2 N–H and O–H groups in total. The van der Waals surface area contributed by atoms with Crippen LogP contribution in [0.4, 0.5) is 4.39 Å². The average molecular weight is 384 g/mol. The van der Waals surface area contributed by atoms with Crippen molar-refractivity contribution in [2.24, 2.45) is 5.73 Å². The standard InChI is InChI=1S/C18H16Cl2FNO3/c1-24-18(23)16(22)4-9-2-3-11(13-8-25-7-12(9)13)17-14(19)5-10(21)6-15(17)20/h2-3,5-6,16H,4,7-8,22H2,1H3/t16-/m0/s1. The zero-order valence-electron chi connectivity index (χ0n) is 13.4. The van der Waals surface area contributed by atoms with Gasteiger partial charge in [0.15, 0.2) is 0 Å². The van der Waals surface area contributed by atoms with Gasteiger partial charge >= 0.3 is 5.97 Å². The van der Waals surface area contributed by atoms with Crippen LogP contribution in [0, 0.1) is 5.82 Å². The largest absolute Gasteiger partial charge is 0.468 e. The van der Waals surface area contributed by atoms with E-state index in [-0.39, 0.29) is 10.0 Å². The number of hydrogen-bond acceptors (Lipinski definition) is 4. The van der Waals surface area contributed by atoms with Crippen molar-refractivity contribution in [3.05, 3.63) is 56.8 Å². The summed E-state index contributed by atoms with van der Waals surface area (Å²) < 4.78 is 23.7. The molecule has 0 saturated heterocycles. The molecule has 2 aromatic carbocycles. The Labute approximate surface area is 154 Å². The van der Waals surface area contributed by atoms with Gasteiger partial charge in [0, 0.05) is 5.56 Å². The van der Waals surface area contributed by atoms with Crippen molar-refractivity contribution in [3.63, 3.8) is 0 Å². The maximum absolute atomic E-state index is 13.5. The summed E-state index contributed by atoms with van der Waals surface area (Å²) in [6.45, 7) is 0.791. The molecule has 0 unspecified atom stereocenters. The molecule has 0 fully saturated rings. The number of rotatable bonds is 4. The third kappa shape index (κ3) is 3.51. The molecule has 4 nitrogen and oxygen atoms in total. The average Bonchev–Trinajstić information content (AvgIpc) is 3.05. The minimum atomic E-state index is -0.751. The number of carbonyl (C=O) groups is 1. The zero-order valence-corrected chi connectivity index (χ0v) is 15.0. The quantitative estimate of drug-likeness (QED) is 0.813. The van der Waals surface area contributed by atoms with Crippen LogP contribution >= 0.6 is 23.2 Å². The van der Waals surface area contributed by atoms with E-state index in [1.807, 2.05) is 12.1 Å². The monoisotopic (exact) mass is 383 g/mol. The molecule has 25 heavy (non-hydrogen) atoms. The molecule has 1 aliphatic rings. The second-order valence-electron chi connectivity index (χ2n) is 5.80. The molecular formula is C18H16Cl2FNO3. The van der Waals surface area contributed by atoms with Crippen LogP contribution in [0.15, 0.2) is 24.3 Å². The summed E-state index contributed by atoms with van der Waals surface area (Å²) in [5.74, 6) is -0.964. The third-order valence-corrected chi connectivity index (χ3v) is 4.84. The normalized spacial score (nSPS) is 14.3. The fourth-order valence-electron chi connectivity index (χ4n) is 3.04. The van der Waals surface area contributed by atoms with Crippen LogP contribution in [0.25, 0.3) is 11.1 Å². The van der Waals surface area contributed by atoms with Gasteiger partial charge in [0.1, 0.15) is 11.9 Å². The molecule has 2 aromatic rings. The number of nitrogens with two attached hydrogens (primary N) is 1. The van der Waals surface area contributed by atoms with E-state index in [0.717, 1.165) is 22.3 Å². The Bertz CT molecular complexity index is 818. The minimum absolute atomic E-state index is 0.234. The van der Waals surface area contributed by atoms with E-state index in [2.05, 4.69) is 4.74 Å². The molecule has 0 amide bonds. The van der Waals surface area contributed by atoms with Gasteiger partial charge in [-0.25, -0.2) is 4.39 Å². The Hall–Kier alpha value is -1.66. The molecule has 0 bridgehead atoms. The number of halogens is 3. The Morgan fingerprint density at radius 1 is 1.28 bits per heavy atom. The van der Waals surface area contributed by atoms with Gasteiger partial charge in [-0.1, -0.05) is 35.3 Å². The molecule has 0 spiro atoms. The second-order valence-corrected chi connectivity index (χ2v) is 6.61. The smallest absolute Gasteiger partial charge is 0.322 e. The van der Waals surface area contributed by atoms with E-state index in [9.17, 15) is 9.18 Å². The molecule has 0 aromatic heterocycles. The Balaban J connectivity index is 2.05. The van der Waals surface area contributed by atoms with Crippen LogP contribution in [-0.2, 0) is 33.9 Å². The fourth-order valence-corrected chi connectivity index (χ4v) is 3.70. The predicted molar refractivity (Wildman–Crippen MR) is 94.0 cm³/mol.